The number of hydrogen-bond acceptors (Lipinski definition) is 1. The van der Waals surface area contributed by atoms with E-state index in [4.69, 9.17) is 0 Å². The van der Waals surface area contributed by atoms with Crippen LogP contribution in [0.25, 0.3) is 10.9 Å². The number of fused-ring (bicyclic) bond motifs is 1. The highest BCUT2D eigenvalue weighted by Gasteiger charge is 2.16. The van der Waals surface area contributed by atoms with Crippen LogP contribution in [-0.2, 0) is 13.6 Å². The van der Waals surface area contributed by atoms with Gasteiger partial charge in [-0.15, -0.1) is 0 Å². The van der Waals surface area contributed by atoms with E-state index >= 15 is 0 Å². The smallest absolute Gasteiger partial charge is 0.315 e. The molecule has 1 aromatic heterocycles. The molecule has 1 aliphatic rings. The van der Waals surface area contributed by atoms with Gasteiger partial charge < -0.3 is 15.2 Å². The van der Waals surface area contributed by atoms with E-state index in [-0.39, 0.29) is 6.03 Å². The van der Waals surface area contributed by atoms with Gasteiger partial charge in [-0.2, -0.15) is 0 Å². The molecule has 1 aromatic carbocycles. The molecule has 2 amide bonds. The van der Waals surface area contributed by atoms with Gasteiger partial charge in [0.05, 0.1) is 0 Å². The first-order chi connectivity index (χ1) is 10.1. The van der Waals surface area contributed by atoms with Gasteiger partial charge in [0, 0.05) is 36.2 Å². The normalized spacial score (nSPS) is 15.5. The third kappa shape index (κ3) is 3.04. The van der Waals surface area contributed by atoms with Crippen LogP contribution in [0.4, 0.5) is 4.79 Å². The summed E-state index contributed by atoms with van der Waals surface area (Å²) in [5.41, 5.74) is 3.61. The Balaban J connectivity index is 1.61. The second-order valence-corrected chi connectivity index (χ2v) is 6.05. The zero-order valence-corrected chi connectivity index (χ0v) is 12.8. The Kier molecular flexibility index (Phi) is 3.86. The van der Waals surface area contributed by atoms with Gasteiger partial charge in [-0.05, 0) is 43.5 Å². The average molecular weight is 285 g/mol. The number of amides is 2. The molecule has 2 aromatic rings. The first kappa shape index (κ1) is 14.0. The van der Waals surface area contributed by atoms with Gasteiger partial charge in [-0.25, -0.2) is 4.79 Å². The SMILES string of the molecule is Cc1cc2cc(CNC(=O)NC3CCCC3)ccc2n1C. The molecule has 2 N–H and O–H groups in total. The molecule has 1 fully saturated rings. The van der Waals surface area contributed by atoms with Crippen molar-refractivity contribution < 1.29 is 4.79 Å². The summed E-state index contributed by atoms with van der Waals surface area (Å²) in [7, 11) is 2.07. The monoisotopic (exact) mass is 285 g/mol. The first-order valence-corrected chi connectivity index (χ1v) is 7.73. The number of urea groups is 1. The third-order valence-electron chi connectivity index (χ3n) is 4.49. The lowest BCUT2D eigenvalue weighted by atomic mass is 10.1. The van der Waals surface area contributed by atoms with Gasteiger partial charge in [-0.1, -0.05) is 18.9 Å². The van der Waals surface area contributed by atoms with E-state index < -0.39 is 0 Å². The summed E-state index contributed by atoms with van der Waals surface area (Å²) >= 11 is 0. The van der Waals surface area contributed by atoms with Crippen molar-refractivity contribution >= 4 is 16.9 Å². The molecule has 0 radical (unpaired) electrons. The highest BCUT2D eigenvalue weighted by Crippen LogP contribution is 2.20. The maximum atomic E-state index is 11.9. The number of aromatic nitrogens is 1. The number of hydrogen-bond donors (Lipinski definition) is 2. The second kappa shape index (κ2) is 5.80. The number of aryl methyl sites for hydroxylation is 2. The third-order valence-corrected chi connectivity index (χ3v) is 4.49. The minimum Gasteiger partial charge on any atom is -0.348 e. The minimum atomic E-state index is -0.0498. The van der Waals surface area contributed by atoms with E-state index in [1.807, 2.05) is 0 Å². The average Bonchev–Trinajstić information content (AvgIpc) is 3.06. The number of carbonyl (C=O) groups excluding carboxylic acids is 1. The fraction of sp³-hybridized carbons (Fsp3) is 0.471. The highest BCUT2D eigenvalue weighted by atomic mass is 16.2. The maximum absolute atomic E-state index is 11.9. The molecule has 0 spiro atoms. The molecule has 0 aliphatic heterocycles. The van der Waals surface area contributed by atoms with Gasteiger partial charge in [0.15, 0.2) is 0 Å². The van der Waals surface area contributed by atoms with Crippen molar-refractivity contribution in [1.29, 1.82) is 0 Å². The molecule has 21 heavy (non-hydrogen) atoms. The maximum Gasteiger partial charge on any atom is 0.315 e. The Hall–Kier alpha value is -1.97. The molecule has 4 heteroatoms. The number of carbonyl (C=O) groups is 1. The predicted molar refractivity (Wildman–Crippen MR) is 85.3 cm³/mol. The summed E-state index contributed by atoms with van der Waals surface area (Å²) in [5, 5.41) is 7.23. The molecule has 0 bridgehead atoms. The Morgan fingerprint density at radius 1 is 1.29 bits per heavy atom. The fourth-order valence-corrected chi connectivity index (χ4v) is 3.14. The zero-order valence-electron chi connectivity index (χ0n) is 12.8. The molecular weight excluding hydrogens is 262 g/mol. The van der Waals surface area contributed by atoms with Crippen LogP contribution in [0.5, 0.6) is 0 Å². The van der Waals surface area contributed by atoms with E-state index in [0.29, 0.717) is 12.6 Å². The number of nitrogens with one attached hydrogen (secondary N) is 2. The lowest BCUT2D eigenvalue weighted by Gasteiger charge is -2.13. The summed E-state index contributed by atoms with van der Waals surface area (Å²) in [5.74, 6) is 0. The van der Waals surface area contributed by atoms with E-state index in [1.54, 1.807) is 0 Å². The van der Waals surface area contributed by atoms with E-state index in [0.717, 1.165) is 18.4 Å². The van der Waals surface area contributed by atoms with Crippen molar-refractivity contribution in [2.45, 2.75) is 45.2 Å². The summed E-state index contributed by atoms with van der Waals surface area (Å²) in [4.78, 5) is 11.9. The molecule has 1 saturated carbocycles. The quantitative estimate of drug-likeness (QED) is 0.893. The van der Waals surface area contributed by atoms with E-state index in [2.05, 4.69) is 53.4 Å². The lowest BCUT2D eigenvalue weighted by Crippen LogP contribution is -2.40. The van der Waals surface area contributed by atoms with Gasteiger partial charge in [-0.3, -0.25) is 0 Å². The van der Waals surface area contributed by atoms with Crippen LogP contribution in [0, 0.1) is 6.92 Å². The van der Waals surface area contributed by atoms with Crippen molar-refractivity contribution in [1.82, 2.24) is 15.2 Å². The molecule has 3 rings (SSSR count). The molecule has 1 aliphatic carbocycles. The highest BCUT2D eigenvalue weighted by molar-refractivity contribution is 5.82. The lowest BCUT2D eigenvalue weighted by molar-refractivity contribution is 0.236. The van der Waals surface area contributed by atoms with Crippen molar-refractivity contribution in [2.75, 3.05) is 0 Å². The summed E-state index contributed by atoms with van der Waals surface area (Å²) in [6.07, 6.45) is 4.69. The minimum absolute atomic E-state index is 0.0498. The van der Waals surface area contributed by atoms with E-state index in [1.165, 1.54) is 29.4 Å². The van der Waals surface area contributed by atoms with Crippen molar-refractivity contribution in [2.24, 2.45) is 7.05 Å². The Morgan fingerprint density at radius 3 is 2.81 bits per heavy atom. The molecule has 0 saturated heterocycles. The molecule has 4 nitrogen and oxygen atoms in total. The van der Waals surface area contributed by atoms with Gasteiger partial charge in [0.25, 0.3) is 0 Å². The number of benzene rings is 1. The number of nitrogens with zero attached hydrogens (tertiary/aromatic N) is 1. The molecule has 0 unspecified atom stereocenters. The molecule has 0 atom stereocenters. The van der Waals surface area contributed by atoms with Crippen molar-refractivity contribution in [3.05, 3.63) is 35.5 Å². The van der Waals surface area contributed by atoms with Crippen LogP contribution in [0.3, 0.4) is 0 Å². The summed E-state index contributed by atoms with van der Waals surface area (Å²) < 4.78 is 2.18. The molecule has 112 valence electrons. The first-order valence-electron chi connectivity index (χ1n) is 7.73. The topological polar surface area (TPSA) is 46.1 Å². The van der Waals surface area contributed by atoms with Crippen LogP contribution < -0.4 is 10.6 Å². The van der Waals surface area contributed by atoms with Gasteiger partial charge >= 0.3 is 6.03 Å². The van der Waals surface area contributed by atoms with Crippen LogP contribution >= 0.6 is 0 Å². The van der Waals surface area contributed by atoms with E-state index in [9.17, 15) is 4.79 Å². The summed E-state index contributed by atoms with van der Waals surface area (Å²) in [6, 6.07) is 8.84. The molecule has 1 heterocycles. The van der Waals surface area contributed by atoms with Gasteiger partial charge in [0.2, 0.25) is 0 Å². The Labute approximate surface area is 125 Å². The van der Waals surface area contributed by atoms with Crippen molar-refractivity contribution in [3.63, 3.8) is 0 Å². The number of rotatable bonds is 3. The standard InChI is InChI=1S/C17H23N3O/c1-12-9-14-10-13(7-8-16(14)20(12)2)11-18-17(21)19-15-5-3-4-6-15/h7-10,15H,3-6,11H2,1-2H3,(H2,18,19,21). The van der Waals surface area contributed by atoms with Crippen LogP contribution in [0.15, 0.2) is 24.3 Å². The van der Waals surface area contributed by atoms with Crippen molar-refractivity contribution in [3.8, 4) is 0 Å². The largest absolute Gasteiger partial charge is 0.348 e. The van der Waals surface area contributed by atoms with Gasteiger partial charge in [0.1, 0.15) is 0 Å². The Morgan fingerprint density at radius 2 is 2.05 bits per heavy atom. The predicted octanol–water partition coefficient (Wildman–Crippen LogP) is 3.23. The Bertz CT molecular complexity index is 653. The van der Waals surface area contributed by atoms with Crippen LogP contribution in [-0.4, -0.2) is 16.6 Å². The second-order valence-electron chi connectivity index (χ2n) is 6.05. The zero-order chi connectivity index (χ0) is 14.8. The van der Waals surface area contributed by atoms with Crippen LogP contribution in [0.2, 0.25) is 0 Å². The fourth-order valence-electron chi connectivity index (χ4n) is 3.14. The molecular formula is C17H23N3O. The summed E-state index contributed by atoms with van der Waals surface area (Å²) in [6.45, 7) is 2.68. The van der Waals surface area contributed by atoms with Crippen LogP contribution in [0.1, 0.15) is 36.9 Å².